The molecule has 0 aliphatic heterocycles. The van der Waals surface area contributed by atoms with Crippen LogP contribution in [0.25, 0.3) is 0 Å². The van der Waals surface area contributed by atoms with E-state index in [1.54, 1.807) is 6.07 Å². The lowest BCUT2D eigenvalue weighted by Crippen LogP contribution is -2.44. The summed E-state index contributed by atoms with van der Waals surface area (Å²) in [6.07, 6.45) is 3.89. The fourth-order valence-corrected chi connectivity index (χ4v) is 5.81. The summed E-state index contributed by atoms with van der Waals surface area (Å²) in [5, 5.41) is 4.11. The lowest BCUT2D eigenvalue weighted by molar-refractivity contribution is -0.119. The van der Waals surface area contributed by atoms with Crippen molar-refractivity contribution in [3.8, 4) is 0 Å². The molecule has 3 rings (SSSR count). The number of benzene rings is 1. The van der Waals surface area contributed by atoms with Crippen LogP contribution in [-0.4, -0.2) is 29.9 Å². The molecule has 0 atom stereocenters. The fourth-order valence-electron chi connectivity index (χ4n) is 3.16. The zero-order chi connectivity index (χ0) is 22.4. The molecule has 166 valence electrons. The number of anilines is 1. The fraction of sp³-hybridized carbons (Fsp3) is 0.350. The Labute approximate surface area is 198 Å². The van der Waals surface area contributed by atoms with Crippen molar-refractivity contribution in [2.24, 2.45) is 0 Å². The van der Waals surface area contributed by atoms with Gasteiger partial charge in [0, 0.05) is 15.7 Å². The first-order valence-corrected chi connectivity index (χ1v) is 12.2. The molecule has 31 heavy (non-hydrogen) atoms. The molecule has 1 aromatic carbocycles. The van der Waals surface area contributed by atoms with Crippen LogP contribution in [0.3, 0.4) is 0 Å². The van der Waals surface area contributed by atoms with Crippen LogP contribution in [0.2, 0.25) is 5.02 Å². The number of nitrogens with one attached hydrogen (secondary N) is 3. The molecule has 1 aliphatic carbocycles. The van der Waals surface area contributed by atoms with Gasteiger partial charge in [-0.2, -0.15) is 0 Å². The second kappa shape index (κ2) is 11.1. The van der Waals surface area contributed by atoms with Crippen molar-refractivity contribution in [3.63, 3.8) is 0 Å². The number of methoxy groups -OCH3 is 1. The van der Waals surface area contributed by atoms with E-state index in [-0.39, 0.29) is 16.8 Å². The van der Waals surface area contributed by atoms with Crippen LogP contribution in [0.1, 0.15) is 39.2 Å². The number of esters is 1. The predicted octanol–water partition coefficient (Wildman–Crippen LogP) is 4.46. The molecule has 0 unspecified atom stereocenters. The lowest BCUT2D eigenvalue weighted by Gasteiger charge is -2.13. The standard InChI is InChI=1S/C20H21ClFN3O3S3/c1-28-19(27)17-13-4-2-3-5-15(13)31-18(17)23-20(29)25-24-16(26)10-30-9-11-6-7-12(22)8-14(11)21/h6-8H,2-5,9-10H2,1H3,(H,24,26)(H2,23,25,29). The van der Waals surface area contributed by atoms with Gasteiger partial charge in [-0.3, -0.25) is 15.6 Å². The topological polar surface area (TPSA) is 79.5 Å². The van der Waals surface area contributed by atoms with E-state index >= 15 is 0 Å². The van der Waals surface area contributed by atoms with Gasteiger partial charge >= 0.3 is 5.97 Å². The van der Waals surface area contributed by atoms with Gasteiger partial charge in [0.1, 0.15) is 10.8 Å². The molecule has 1 amide bonds. The van der Waals surface area contributed by atoms with E-state index in [2.05, 4.69) is 16.2 Å². The van der Waals surface area contributed by atoms with Crippen LogP contribution < -0.4 is 16.2 Å². The van der Waals surface area contributed by atoms with Gasteiger partial charge in [-0.15, -0.1) is 23.1 Å². The highest BCUT2D eigenvalue weighted by molar-refractivity contribution is 7.99. The lowest BCUT2D eigenvalue weighted by atomic mass is 9.95. The molecule has 1 aromatic heterocycles. The van der Waals surface area contributed by atoms with E-state index < -0.39 is 11.8 Å². The van der Waals surface area contributed by atoms with Gasteiger partial charge in [0.25, 0.3) is 0 Å². The monoisotopic (exact) mass is 501 g/mol. The average molecular weight is 502 g/mol. The van der Waals surface area contributed by atoms with E-state index in [1.807, 2.05) is 0 Å². The van der Waals surface area contributed by atoms with Crippen molar-refractivity contribution in [1.82, 2.24) is 10.9 Å². The summed E-state index contributed by atoms with van der Waals surface area (Å²) in [6.45, 7) is 0. The number of hydrazine groups is 1. The number of hydrogen-bond acceptors (Lipinski definition) is 6. The highest BCUT2D eigenvalue weighted by Gasteiger charge is 2.26. The van der Waals surface area contributed by atoms with Crippen molar-refractivity contribution in [2.45, 2.75) is 31.4 Å². The van der Waals surface area contributed by atoms with Crippen molar-refractivity contribution in [3.05, 3.63) is 50.6 Å². The quantitative estimate of drug-likeness (QED) is 0.306. The van der Waals surface area contributed by atoms with E-state index in [4.69, 9.17) is 28.6 Å². The Kier molecular flexibility index (Phi) is 8.53. The van der Waals surface area contributed by atoms with Crippen LogP contribution in [0.5, 0.6) is 0 Å². The van der Waals surface area contributed by atoms with E-state index in [1.165, 1.54) is 42.3 Å². The van der Waals surface area contributed by atoms with Crippen molar-refractivity contribution >= 4 is 68.9 Å². The highest BCUT2D eigenvalue weighted by atomic mass is 35.5. The van der Waals surface area contributed by atoms with Crippen LogP contribution in [-0.2, 0) is 28.1 Å². The molecule has 1 aliphatic rings. The maximum Gasteiger partial charge on any atom is 0.341 e. The summed E-state index contributed by atoms with van der Waals surface area (Å²) in [5.41, 5.74) is 7.46. The third kappa shape index (κ3) is 6.31. The first kappa shape index (κ1) is 23.8. The third-order valence-corrected chi connectivity index (χ3v) is 7.35. The summed E-state index contributed by atoms with van der Waals surface area (Å²) in [4.78, 5) is 25.5. The molecule has 0 radical (unpaired) electrons. The number of thiophene rings is 1. The van der Waals surface area contributed by atoms with Crippen molar-refractivity contribution in [2.75, 3.05) is 18.2 Å². The SMILES string of the molecule is COC(=O)c1c(NC(=S)NNC(=O)CSCc2ccc(F)cc2Cl)sc2c1CCCC2. The zero-order valence-corrected chi connectivity index (χ0v) is 19.9. The Hall–Kier alpha value is -1.88. The van der Waals surface area contributed by atoms with E-state index in [9.17, 15) is 14.0 Å². The maximum absolute atomic E-state index is 13.1. The normalized spacial score (nSPS) is 12.6. The van der Waals surface area contributed by atoms with Gasteiger partial charge < -0.3 is 10.1 Å². The van der Waals surface area contributed by atoms with Crippen LogP contribution in [0.15, 0.2) is 18.2 Å². The second-order valence-electron chi connectivity index (χ2n) is 6.76. The molecule has 0 bridgehead atoms. The number of ether oxygens (including phenoxy) is 1. The first-order valence-electron chi connectivity index (χ1n) is 9.49. The summed E-state index contributed by atoms with van der Waals surface area (Å²) < 4.78 is 18.0. The number of carbonyl (C=O) groups excluding carboxylic acids is 2. The largest absolute Gasteiger partial charge is 0.465 e. The van der Waals surface area contributed by atoms with Gasteiger partial charge in [0.15, 0.2) is 5.11 Å². The number of hydrogen-bond donors (Lipinski definition) is 3. The molecular weight excluding hydrogens is 481 g/mol. The zero-order valence-electron chi connectivity index (χ0n) is 16.7. The van der Waals surface area contributed by atoms with Gasteiger partial charge in [0.05, 0.1) is 18.4 Å². The summed E-state index contributed by atoms with van der Waals surface area (Å²) in [5.74, 6) is -0.457. The Morgan fingerprint density at radius 1 is 1.29 bits per heavy atom. The minimum atomic E-state index is -0.399. The van der Waals surface area contributed by atoms with Gasteiger partial charge in [0.2, 0.25) is 5.91 Å². The maximum atomic E-state index is 13.1. The van der Waals surface area contributed by atoms with Crippen LogP contribution in [0.4, 0.5) is 9.39 Å². The minimum Gasteiger partial charge on any atom is -0.465 e. The summed E-state index contributed by atoms with van der Waals surface area (Å²) >= 11 is 14.1. The molecule has 1 heterocycles. The third-order valence-electron chi connectivity index (χ3n) is 4.61. The number of halogens is 2. The molecule has 0 saturated heterocycles. The van der Waals surface area contributed by atoms with E-state index in [0.29, 0.717) is 21.3 Å². The molecular formula is C20H21ClFN3O3S3. The number of rotatable bonds is 6. The molecule has 3 N–H and O–H groups in total. The Balaban J connectivity index is 1.49. The Morgan fingerprint density at radius 2 is 2.06 bits per heavy atom. The van der Waals surface area contributed by atoms with Gasteiger partial charge in [-0.05, 0) is 61.2 Å². The highest BCUT2D eigenvalue weighted by Crippen LogP contribution is 2.38. The molecule has 0 fully saturated rings. The summed E-state index contributed by atoms with van der Waals surface area (Å²) in [7, 11) is 1.35. The van der Waals surface area contributed by atoms with E-state index in [0.717, 1.165) is 41.7 Å². The molecule has 6 nitrogen and oxygen atoms in total. The molecule has 0 spiro atoms. The summed E-state index contributed by atoms with van der Waals surface area (Å²) in [6, 6.07) is 4.17. The van der Waals surface area contributed by atoms with Crippen LogP contribution >= 0.6 is 46.9 Å². The predicted molar refractivity (Wildman–Crippen MR) is 127 cm³/mol. The number of aryl methyl sites for hydroxylation is 1. The number of amides is 1. The first-order chi connectivity index (χ1) is 14.9. The minimum absolute atomic E-state index is 0.157. The van der Waals surface area contributed by atoms with Crippen molar-refractivity contribution in [1.29, 1.82) is 0 Å². The number of carbonyl (C=O) groups is 2. The van der Waals surface area contributed by atoms with Gasteiger partial charge in [-0.25, -0.2) is 9.18 Å². The number of fused-ring (bicyclic) bond motifs is 1. The molecule has 2 aromatic rings. The van der Waals surface area contributed by atoms with Gasteiger partial charge in [-0.1, -0.05) is 17.7 Å². The number of thiocarbonyl (C=S) groups is 1. The number of thioether (sulfide) groups is 1. The molecule has 0 saturated carbocycles. The second-order valence-corrected chi connectivity index (χ2v) is 9.67. The van der Waals surface area contributed by atoms with Crippen molar-refractivity contribution < 1.29 is 18.7 Å². The molecule has 11 heteroatoms. The smallest absolute Gasteiger partial charge is 0.341 e. The Morgan fingerprint density at radius 3 is 2.81 bits per heavy atom. The Bertz CT molecular complexity index is 1000. The average Bonchev–Trinajstić information content (AvgIpc) is 3.11. The van der Waals surface area contributed by atoms with Crippen LogP contribution in [0, 0.1) is 5.82 Å².